The Labute approximate surface area is 115 Å². The van der Waals surface area contributed by atoms with Crippen LogP contribution in [0.3, 0.4) is 0 Å². The minimum Gasteiger partial charge on any atom is -0.457 e. The van der Waals surface area contributed by atoms with Crippen LogP contribution in [0, 0.1) is 0 Å². The van der Waals surface area contributed by atoms with Gasteiger partial charge >= 0.3 is 0 Å². The molecule has 0 aliphatic carbocycles. The Bertz CT molecular complexity index is 497. The zero-order valence-electron chi connectivity index (χ0n) is 11.8. The monoisotopic (exact) mass is 255 g/mol. The first-order valence-corrected chi connectivity index (χ1v) is 6.60. The van der Waals surface area contributed by atoms with Crippen LogP contribution in [-0.2, 0) is 6.54 Å². The molecule has 0 aliphatic rings. The van der Waals surface area contributed by atoms with Crippen LogP contribution in [0.1, 0.15) is 26.3 Å². The van der Waals surface area contributed by atoms with Gasteiger partial charge in [0.2, 0.25) is 0 Å². The van der Waals surface area contributed by atoms with E-state index in [1.165, 1.54) is 5.56 Å². The molecule has 100 valence electrons. The van der Waals surface area contributed by atoms with Gasteiger partial charge in [0.25, 0.3) is 0 Å². The first kappa shape index (κ1) is 13.6. The van der Waals surface area contributed by atoms with Crippen molar-refractivity contribution < 1.29 is 4.74 Å². The molecule has 2 heteroatoms. The topological polar surface area (TPSA) is 21.3 Å². The van der Waals surface area contributed by atoms with Gasteiger partial charge in [0, 0.05) is 12.1 Å². The van der Waals surface area contributed by atoms with Crippen LogP contribution in [0.25, 0.3) is 0 Å². The number of ether oxygens (including phenoxy) is 1. The minimum atomic E-state index is 0.138. The fourth-order valence-corrected chi connectivity index (χ4v) is 1.67. The Morgan fingerprint density at radius 1 is 0.842 bits per heavy atom. The van der Waals surface area contributed by atoms with Gasteiger partial charge in [0.05, 0.1) is 0 Å². The summed E-state index contributed by atoms with van der Waals surface area (Å²) in [6.07, 6.45) is 0. The lowest BCUT2D eigenvalue weighted by molar-refractivity contribution is 0.424. The van der Waals surface area contributed by atoms with Gasteiger partial charge in [-0.2, -0.15) is 0 Å². The highest BCUT2D eigenvalue weighted by atomic mass is 16.5. The van der Waals surface area contributed by atoms with Gasteiger partial charge in [-0.05, 0) is 50.6 Å². The molecule has 0 aliphatic heterocycles. The Morgan fingerprint density at radius 2 is 1.42 bits per heavy atom. The molecule has 0 heterocycles. The summed E-state index contributed by atoms with van der Waals surface area (Å²) in [6.45, 7) is 7.37. The van der Waals surface area contributed by atoms with Crippen molar-refractivity contribution in [1.29, 1.82) is 0 Å². The lowest BCUT2D eigenvalue weighted by Crippen LogP contribution is -2.34. The van der Waals surface area contributed by atoms with Crippen LogP contribution in [0.4, 0.5) is 0 Å². The molecule has 0 spiro atoms. The average Bonchev–Trinajstić information content (AvgIpc) is 2.38. The number of para-hydroxylation sites is 1. The minimum absolute atomic E-state index is 0.138. The van der Waals surface area contributed by atoms with Crippen LogP contribution < -0.4 is 10.1 Å². The molecule has 0 atom stereocenters. The normalized spacial score (nSPS) is 11.3. The summed E-state index contributed by atoms with van der Waals surface area (Å²) in [5.41, 5.74) is 1.40. The highest BCUT2D eigenvalue weighted by Gasteiger charge is 2.08. The van der Waals surface area contributed by atoms with E-state index < -0.39 is 0 Å². The zero-order chi connectivity index (χ0) is 13.7. The highest BCUT2D eigenvalue weighted by molar-refractivity contribution is 5.32. The van der Waals surface area contributed by atoms with E-state index in [4.69, 9.17) is 4.74 Å². The third-order valence-corrected chi connectivity index (χ3v) is 2.73. The van der Waals surface area contributed by atoms with Gasteiger partial charge in [-0.15, -0.1) is 0 Å². The molecular formula is C17H21NO. The fourth-order valence-electron chi connectivity index (χ4n) is 1.67. The maximum absolute atomic E-state index is 5.76. The van der Waals surface area contributed by atoms with E-state index >= 15 is 0 Å². The molecule has 2 nitrogen and oxygen atoms in total. The maximum atomic E-state index is 5.76. The van der Waals surface area contributed by atoms with Gasteiger partial charge in [0.1, 0.15) is 11.5 Å². The molecule has 2 aromatic carbocycles. The number of hydrogen-bond donors (Lipinski definition) is 1. The number of hydrogen-bond acceptors (Lipinski definition) is 2. The van der Waals surface area contributed by atoms with Gasteiger partial charge in [-0.25, -0.2) is 0 Å². The lowest BCUT2D eigenvalue weighted by Gasteiger charge is -2.20. The van der Waals surface area contributed by atoms with Crippen LogP contribution in [-0.4, -0.2) is 5.54 Å². The van der Waals surface area contributed by atoms with Gasteiger partial charge in [-0.1, -0.05) is 30.3 Å². The smallest absolute Gasteiger partial charge is 0.127 e. The highest BCUT2D eigenvalue weighted by Crippen LogP contribution is 2.21. The average molecular weight is 255 g/mol. The molecule has 19 heavy (non-hydrogen) atoms. The first-order valence-electron chi connectivity index (χ1n) is 6.60. The van der Waals surface area contributed by atoms with E-state index in [0.29, 0.717) is 0 Å². The predicted octanol–water partition coefficient (Wildman–Crippen LogP) is 4.37. The maximum Gasteiger partial charge on any atom is 0.127 e. The number of rotatable bonds is 4. The van der Waals surface area contributed by atoms with Crippen LogP contribution in [0.15, 0.2) is 54.6 Å². The zero-order valence-corrected chi connectivity index (χ0v) is 11.8. The van der Waals surface area contributed by atoms with Crippen molar-refractivity contribution >= 4 is 0 Å². The fraction of sp³-hybridized carbons (Fsp3) is 0.294. The quantitative estimate of drug-likeness (QED) is 0.876. The van der Waals surface area contributed by atoms with E-state index in [1.807, 2.05) is 42.5 Å². The van der Waals surface area contributed by atoms with E-state index in [0.717, 1.165) is 18.0 Å². The van der Waals surface area contributed by atoms with Crippen molar-refractivity contribution in [1.82, 2.24) is 5.32 Å². The van der Waals surface area contributed by atoms with Crippen LogP contribution >= 0.6 is 0 Å². The van der Waals surface area contributed by atoms with Gasteiger partial charge in [0.15, 0.2) is 0 Å². The molecular weight excluding hydrogens is 234 g/mol. The standard InChI is InChI=1S/C17H21NO/c1-17(2,3)18-13-14-9-11-16(12-10-14)19-15-7-5-4-6-8-15/h4-12,18H,13H2,1-3H3. The molecule has 0 bridgehead atoms. The first-order chi connectivity index (χ1) is 9.03. The van der Waals surface area contributed by atoms with Crippen molar-refractivity contribution in [3.05, 3.63) is 60.2 Å². The third kappa shape index (κ3) is 4.76. The summed E-state index contributed by atoms with van der Waals surface area (Å²) in [6, 6.07) is 18.0. The van der Waals surface area contributed by atoms with Gasteiger partial charge in [-0.3, -0.25) is 0 Å². The Balaban J connectivity index is 1.95. The summed E-state index contributed by atoms with van der Waals surface area (Å²) in [5, 5.41) is 3.47. The lowest BCUT2D eigenvalue weighted by atomic mass is 10.1. The largest absolute Gasteiger partial charge is 0.457 e. The van der Waals surface area contributed by atoms with Crippen molar-refractivity contribution in [3.63, 3.8) is 0 Å². The Hall–Kier alpha value is -1.80. The second-order valence-electron chi connectivity index (χ2n) is 5.66. The van der Waals surface area contributed by atoms with E-state index in [-0.39, 0.29) is 5.54 Å². The molecule has 0 fully saturated rings. The van der Waals surface area contributed by atoms with Gasteiger partial charge < -0.3 is 10.1 Å². The summed E-state index contributed by atoms with van der Waals surface area (Å²) in [4.78, 5) is 0. The second-order valence-corrected chi connectivity index (χ2v) is 5.66. The van der Waals surface area contributed by atoms with E-state index in [2.05, 4.69) is 38.2 Å². The summed E-state index contributed by atoms with van der Waals surface area (Å²) >= 11 is 0. The van der Waals surface area contributed by atoms with Crippen molar-refractivity contribution in [2.75, 3.05) is 0 Å². The van der Waals surface area contributed by atoms with Crippen molar-refractivity contribution in [2.45, 2.75) is 32.9 Å². The molecule has 0 amide bonds. The summed E-state index contributed by atoms with van der Waals surface area (Å²) < 4.78 is 5.76. The van der Waals surface area contributed by atoms with Crippen molar-refractivity contribution in [2.24, 2.45) is 0 Å². The van der Waals surface area contributed by atoms with Crippen LogP contribution in [0.5, 0.6) is 11.5 Å². The second kappa shape index (κ2) is 5.89. The number of nitrogens with one attached hydrogen (secondary N) is 1. The molecule has 0 unspecified atom stereocenters. The number of benzene rings is 2. The molecule has 1 N–H and O–H groups in total. The molecule has 2 aromatic rings. The third-order valence-electron chi connectivity index (χ3n) is 2.73. The van der Waals surface area contributed by atoms with E-state index in [9.17, 15) is 0 Å². The van der Waals surface area contributed by atoms with Crippen LogP contribution in [0.2, 0.25) is 0 Å². The SMILES string of the molecule is CC(C)(C)NCc1ccc(Oc2ccccc2)cc1. The molecule has 0 aromatic heterocycles. The van der Waals surface area contributed by atoms with E-state index in [1.54, 1.807) is 0 Å². The molecule has 0 radical (unpaired) electrons. The molecule has 2 rings (SSSR count). The molecule has 0 saturated heterocycles. The summed E-state index contributed by atoms with van der Waals surface area (Å²) in [7, 11) is 0. The Kier molecular flexibility index (Phi) is 4.23. The van der Waals surface area contributed by atoms with Crippen molar-refractivity contribution in [3.8, 4) is 11.5 Å². The Morgan fingerprint density at radius 3 is 2.00 bits per heavy atom. The molecule has 0 saturated carbocycles. The predicted molar refractivity (Wildman–Crippen MR) is 79.6 cm³/mol. The summed E-state index contributed by atoms with van der Waals surface area (Å²) in [5.74, 6) is 1.73.